The van der Waals surface area contributed by atoms with Crippen LogP contribution in [0.2, 0.25) is 0 Å². The number of halogens is 1. The predicted molar refractivity (Wildman–Crippen MR) is 85.9 cm³/mol. The molecule has 2 aromatic rings. The van der Waals surface area contributed by atoms with Crippen molar-refractivity contribution in [1.82, 2.24) is 4.90 Å². The number of ether oxygens (including phenoxy) is 1. The van der Waals surface area contributed by atoms with E-state index >= 15 is 0 Å². The number of likely N-dealkylation sites (N-methyl/N-ethyl adjacent to an activating group) is 1. The molecule has 2 N–H and O–H groups in total. The van der Waals surface area contributed by atoms with Gasteiger partial charge in [0.2, 0.25) is 0 Å². The third kappa shape index (κ3) is 4.96. The minimum absolute atomic E-state index is 0.0905. The van der Waals surface area contributed by atoms with E-state index in [9.17, 15) is 9.18 Å². The first-order valence-corrected chi connectivity index (χ1v) is 7.19. The van der Waals surface area contributed by atoms with Gasteiger partial charge in [-0.1, -0.05) is 18.2 Å². The van der Waals surface area contributed by atoms with E-state index in [0.29, 0.717) is 17.0 Å². The highest BCUT2D eigenvalue weighted by Gasteiger charge is 2.08. The molecule has 0 aliphatic heterocycles. The maximum absolute atomic E-state index is 13.5. The van der Waals surface area contributed by atoms with Crippen LogP contribution in [0.15, 0.2) is 48.5 Å². The molecule has 0 radical (unpaired) electrons. The molecule has 0 saturated heterocycles. The van der Waals surface area contributed by atoms with Gasteiger partial charge in [-0.3, -0.25) is 0 Å². The van der Waals surface area contributed by atoms with E-state index in [1.54, 1.807) is 49.5 Å². The van der Waals surface area contributed by atoms with Crippen molar-refractivity contribution in [3.63, 3.8) is 0 Å². The third-order valence-corrected chi connectivity index (χ3v) is 3.24. The Morgan fingerprint density at radius 3 is 2.57 bits per heavy atom. The summed E-state index contributed by atoms with van der Waals surface area (Å²) in [6.45, 7) is 0.306. The summed E-state index contributed by atoms with van der Waals surface area (Å²) >= 11 is 0. The van der Waals surface area contributed by atoms with Crippen LogP contribution in [-0.4, -0.2) is 36.2 Å². The van der Waals surface area contributed by atoms with E-state index in [2.05, 4.69) is 5.32 Å². The molecule has 0 fully saturated rings. The average Bonchev–Trinajstić information content (AvgIpc) is 2.55. The van der Waals surface area contributed by atoms with Crippen molar-refractivity contribution in [2.45, 2.75) is 6.61 Å². The van der Waals surface area contributed by atoms with Crippen LogP contribution in [0.4, 0.5) is 14.9 Å². The van der Waals surface area contributed by atoms with Gasteiger partial charge in [0.05, 0.1) is 6.61 Å². The quantitative estimate of drug-likeness (QED) is 0.861. The van der Waals surface area contributed by atoms with Crippen molar-refractivity contribution in [2.75, 3.05) is 25.5 Å². The molecule has 2 rings (SSSR count). The summed E-state index contributed by atoms with van der Waals surface area (Å²) in [6.07, 6.45) is 0. The summed E-state index contributed by atoms with van der Waals surface area (Å²) in [7, 11) is 1.59. The van der Waals surface area contributed by atoms with Crippen LogP contribution in [0.1, 0.15) is 5.56 Å². The van der Waals surface area contributed by atoms with Gasteiger partial charge in [-0.2, -0.15) is 0 Å². The van der Waals surface area contributed by atoms with Crippen molar-refractivity contribution in [2.24, 2.45) is 0 Å². The Hall–Kier alpha value is -2.60. The van der Waals surface area contributed by atoms with Gasteiger partial charge >= 0.3 is 6.03 Å². The minimum atomic E-state index is -0.306. The number of urea groups is 1. The van der Waals surface area contributed by atoms with E-state index in [1.165, 1.54) is 11.0 Å². The van der Waals surface area contributed by atoms with Crippen molar-refractivity contribution in [3.8, 4) is 5.75 Å². The summed E-state index contributed by atoms with van der Waals surface area (Å²) < 4.78 is 19.0. The number of rotatable bonds is 6. The van der Waals surface area contributed by atoms with E-state index in [0.717, 1.165) is 0 Å². The number of nitrogens with one attached hydrogen (secondary N) is 1. The van der Waals surface area contributed by atoms with Crippen molar-refractivity contribution in [1.29, 1.82) is 0 Å². The van der Waals surface area contributed by atoms with Gasteiger partial charge in [0.25, 0.3) is 0 Å². The molecule has 0 aromatic heterocycles. The number of anilines is 1. The Morgan fingerprint density at radius 2 is 1.91 bits per heavy atom. The number of nitrogens with zero attached hydrogens (tertiary/aromatic N) is 1. The van der Waals surface area contributed by atoms with Crippen LogP contribution in [0.5, 0.6) is 5.75 Å². The summed E-state index contributed by atoms with van der Waals surface area (Å²) in [6, 6.07) is 12.9. The van der Waals surface area contributed by atoms with Crippen LogP contribution >= 0.6 is 0 Å². The van der Waals surface area contributed by atoms with Crippen LogP contribution in [0, 0.1) is 5.82 Å². The Balaban J connectivity index is 1.89. The van der Waals surface area contributed by atoms with E-state index in [-0.39, 0.29) is 31.6 Å². The highest BCUT2D eigenvalue weighted by Crippen LogP contribution is 2.18. The lowest BCUT2D eigenvalue weighted by molar-refractivity contribution is 0.202. The number of hydrogen-bond donors (Lipinski definition) is 2. The molecule has 5 nitrogen and oxygen atoms in total. The lowest BCUT2D eigenvalue weighted by Gasteiger charge is -2.16. The van der Waals surface area contributed by atoms with Gasteiger partial charge in [-0.25, -0.2) is 9.18 Å². The molecule has 0 aliphatic carbocycles. The summed E-state index contributed by atoms with van der Waals surface area (Å²) in [5, 5.41) is 11.5. The van der Waals surface area contributed by atoms with Crippen LogP contribution in [0.3, 0.4) is 0 Å². The number of carbonyl (C=O) groups excluding carboxylic acids is 1. The fraction of sp³-hybridized carbons (Fsp3) is 0.235. The Labute approximate surface area is 134 Å². The summed E-state index contributed by atoms with van der Waals surface area (Å²) in [4.78, 5) is 13.1. The first-order valence-electron chi connectivity index (χ1n) is 7.19. The zero-order valence-corrected chi connectivity index (χ0v) is 12.8. The Morgan fingerprint density at radius 1 is 1.22 bits per heavy atom. The molecular weight excluding hydrogens is 299 g/mol. The molecule has 6 heteroatoms. The topological polar surface area (TPSA) is 61.8 Å². The van der Waals surface area contributed by atoms with Crippen molar-refractivity contribution >= 4 is 11.7 Å². The molecule has 23 heavy (non-hydrogen) atoms. The molecule has 0 atom stereocenters. The molecule has 0 saturated carbocycles. The standard InChI is InChI=1S/C17H19FN2O3/c1-20(10-11-21)17(22)19-14-6-8-15(9-7-14)23-12-13-4-2-3-5-16(13)18/h2-9,21H,10-12H2,1H3,(H,19,22). The second kappa shape index (κ2) is 8.14. The van der Waals surface area contributed by atoms with E-state index in [4.69, 9.17) is 9.84 Å². The van der Waals surface area contributed by atoms with Crippen LogP contribution in [-0.2, 0) is 6.61 Å². The molecular formula is C17H19FN2O3. The molecule has 0 bridgehead atoms. The van der Waals surface area contributed by atoms with Crippen molar-refractivity contribution in [3.05, 3.63) is 59.9 Å². The number of aliphatic hydroxyl groups is 1. The van der Waals surface area contributed by atoms with Gasteiger partial charge in [0, 0.05) is 24.8 Å². The number of aliphatic hydroxyl groups excluding tert-OH is 1. The largest absolute Gasteiger partial charge is 0.489 e. The molecule has 122 valence electrons. The zero-order chi connectivity index (χ0) is 16.7. The second-order valence-corrected chi connectivity index (χ2v) is 4.98. The molecule has 0 unspecified atom stereocenters. The number of benzene rings is 2. The predicted octanol–water partition coefficient (Wildman–Crippen LogP) is 2.86. The first kappa shape index (κ1) is 16.8. The van der Waals surface area contributed by atoms with Gasteiger partial charge in [0.1, 0.15) is 18.2 Å². The van der Waals surface area contributed by atoms with E-state index < -0.39 is 0 Å². The third-order valence-electron chi connectivity index (χ3n) is 3.24. The fourth-order valence-electron chi connectivity index (χ4n) is 1.88. The first-order chi connectivity index (χ1) is 11.1. The van der Waals surface area contributed by atoms with E-state index in [1.807, 2.05) is 0 Å². The smallest absolute Gasteiger partial charge is 0.321 e. The monoisotopic (exact) mass is 318 g/mol. The highest BCUT2D eigenvalue weighted by molar-refractivity contribution is 5.89. The molecule has 2 amide bonds. The molecule has 0 heterocycles. The lowest BCUT2D eigenvalue weighted by Crippen LogP contribution is -2.33. The van der Waals surface area contributed by atoms with Gasteiger partial charge in [0.15, 0.2) is 0 Å². The summed E-state index contributed by atoms with van der Waals surface area (Å²) in [5.41, 5.74) is 1.09. The Bertz CT molecular complexity index is 647. The molecule has 2 aromatic carbocycles. The van der Waals surface area contributed by atoms with Gasteiger partial charge in [-0.05, 0) is 30.3 Å². The normalized spacial score (nSPS) is 10.2. The molecule has 0 spiro atoms. The SMILES string of the molecule is CN(CCO)C(=O)Nc1ccc(OCc2ccccc2F)cc1. The average molecular weight is 318 g/mol. The summed E-state index contributed by atoms with van der Waals surface area (Å²) in [5.74, 6) is 0.276. The van der Waals surface area contributed by atoms with Crippen LogP contribution in [0.25, 0.3) is 0 Å². The van der Waals surface area contributed by atoms with Crippen molar-refractivity contribution < 1.29 is 19.0 Å². The maximum Gasteiger partial charge on any atom is 0.321 e. The Kier molecular flexibility index (Phi) is 5.94. The van der Waals surface area contributed by atoms with Crippen LogP contribution < -0.4 is 10.1 Å². The minimum Gasteiger partial charge on any atom is -0.489 e. The zero-order valence-electron chi connectivity index (χ0n) is 12.8. The number of hydrogen-bond acceptors (Lipinski definition) is 3. The number of carbonyl (C=O) groups is 1. The van der Waals surface area contributed by atoms with Gasteiger partial charge in [-0.15, -0.1) is 0 Å². The second-order valence-electron chi connectivity index (χ2n) is 4.98. The van der Waals surface area contributed by atoms with Gasteiger partial charge < -0.3 is 20.1 Å². The maximum atomic E-state index is 13.5. The number of amides is 2. The fourth-order valence-corrected chi connectivity index (χ4v) is 1.88. The highest BCUT2D eigenvalue weighted by atomic mass is 19.1. The lowest BCUT2D eigenvalue weighted by atomic mass is 10.2. The molecule has 0 aliphatic rings.